The maximum Gasteiger partial charge on any atom is 0.270 e. The van der Waals surface area contributed by atoms with Crippen molar-refractivity contribution in [3.8, 4) is 0 Å². The molecule has 38 heavy (non-hydrogen) atoms. The van der Waals surface area contributed by atoms with Crippen LogP contribution in [0.25, 0.3) is 10.9 Å². The predicted octanol–water partition coefficient (Wildman–Crippen LogP) is 2.55. The Morgan fingerprint density at radius 2 is 1.68 bits per heavy atom. The lowest BCUT2D eigenvalue weighted by atomic mass is 9.83. The highest BCUT2D eigenvalue weighted by atomic mass is 16.5. The second kappa shape index (κ2) is 12.8. The molecule has 9 heteroatoms. The van der Waals surface area contributed by atoms with Crippen molar-refractivity contribution in [2.45, 2.75) is 64.6 Å². The molecule has 2 aliphatic rings. The first-order valence-electron chi connectivity index (χ1n) is 14.0. The van der Waals surface area contributed by atoms with E-state index < -0.39 is 6.04 Å². The second-order valence-corrected chi connectivity index (χ2v) is 10.6. The van der Waals surface area contributed by atoms with Gasteiger partial charge in [-0.25, -0.2) is 0 Å². The second-order valence-electron chi connectivity index (χ2n) is 10.6. The summed E-state index contributed by atoms with van der Waals surface area (Å²) in [7, 11) is 3.41. The summed E-state index contributed by atoms with van der Waals surface area (Å²) in [5.74, 6) is -0.0272. The SMILES string of the molecule is CN[C@@H](C)C(=O)N[C@H](C(=O)N1CCN(C(=O)c2c(C)c3ccccc3n2CCOC)CC1)C1CCCCC1. The summed E-state index contributed by atoms with van der Waals surface area (Å²) < 4.78 is 7.38. The van der Waals surface area contributed by atoms with Gasteiger partial charge in [-0.05, 0) is 51.3 Å². The maximum atomic E-state index is 13.8. The smallest absolute Gasteiger partial charge is 0.270 e. The van der Waals surface area contributed by atoms with Crippen LogP contribution in [0.3, 0.4) is 0 Å². The molecule has 1 saturated carbocycles. The lowest BCUT2D eigenvalue weighted by Gasteiger charge is -2.39. The van der Waals surface area contributed by atoms with Crippen molar-refractivity contribution >= 4 is 28.6 Å². The number of ether oxygens (including phenoxy) is 1. The van der Waals surface area contributed by atoms with Crippen molar-refractivity contribution < 1.29 is 19.1 Å². The Hall–Kier alpha value is -2.91. The van der Waals surface area contributed by atoms with E-state index in [0.29, 0.717) is 45.0 Å². The van der Waals surface area contributed by atoms with E-state index in [2.05, 4.69) is 21.3 Å². The highest BCUT2D eigenvalue weighted by Crippen LogP contribution is 2.29. The summed E-state index contributed by atoms with van der Waals surface area (Å²) in [5.41, 5.74) is 2.69. The average molecular weight is 526 g/mol. The molecular formula is C29H43N5O4. The van der Waals surface area contributed by atoms with Crippen LogP contribution in [-0.2, 0) is 20.9 Å². The molecule has 1 aliphatic heterocycles. The number of aryl methyl sites for hydroxylation is 1. The number of benzene rings is 1. The molecule has 1 aliphatic carbocycles. The zero-order valence-corrected chi connectivity index (χ0v) is 23.3. The molecule has 4 rings (SSSR count). The topological polar surface area (TPSA) is 95.9 Å². The first-order valence-corrected chi connectivity index (χ1v) is 14.0. The van der Waals surface area contributed by atoms with Gasteiger partial charge in [0.05, 0.1) is 12.6 Å². The van der Waals surface area contributed by atoms with Crippen LogP contribution in [0.15, 0.2) is 24.3 Å². The number of likely N-dealkylation sites (N-methyl/N-ethyl adjacent to an activating group) is 1. The minimum absolute atomic E-state index is 0.0121. The number of methoxy groups -OCH3 is 1. The predicted molar refractivity (Wildman–Crippen MR) is 148 cm³/mol. The van der Waals surface area contributed by atoms with E-state index in [1.165, 1.54) is 6.42 Å². The van der Waals surface area contributed by atoms with Gasteiger partial charge in [-0.2, -0.15) is 0 Å². The highest BCUT2D eigenvalue weighted by Gasteiger charge is 2.36. The fraction of sp³-hybridized carbons (Fsp3) is 0.621. The summed E-state index contributed by atoms with van der Waals surface area (Å²) in [6, 6.07) is 7.20. The Kier molecular flexibility index (Phi) is 9.44. The van der Waals surface area contributed by atoms with Crippen molar-refractivity contribution in [1.82, 2.24) is 25.0 Å². The van der Waals surface area contributed by atoms with Gasteiger partial charge in [0.2, 0.25) is 11.8 Å². The molecule has 2 atom stereocenters. The molecular weight excluding hydrogens is 482 g/mol. The van der Waals surface area contributed by atoms with Gasteiger partial charge >= 0.3 is 0 Å². The maximum absolute atomic E-state index is 13.8. The van der Waals surface area contributed by atoms with Crippen molar-refractivity contribution in [2.75, 3.05) is 46.9 Å². The van der Waals surface area contributed by atoms with Crippen LogP contribution in [0.1, 0.15) is 55.1 Å². The van der Waals surface area contributed by atoms with Gasteiger partial charge in [0.1, 0.15) is 11.7 Å². The first-order chi connectivity index (χ1) is 18.4. The van der Waals surface area contributed by atoms with Crippen molar-refractivity contribution in [3.63, 3.8) is 0 Å². The van der Waals surface area contributed by atoms with E-state index >= 15 is 0 Å². The number of nitrogens with zero attached hydrogens (tertiary/aromatic N) is 3. The molecule has 1 aromatic heterocycles. The van der Waals surface area contributed by atoms with E-state index in [4.69, 9.17) is 4.74 Å². The van der Waals surface area contributed by atoms with Crippen LogP contribution in [0.5, 0.6) is 0 Å². The summed E-state index contributed by atoms with van der Waals surface area (Å²) in [5, 5.41) is 7.09. The van der Waals surface area contributed by atoms with Crippen molar-refractivity contribution in [3.05, 3.63) is 35.5 Å². The van der Waals surface area contributed by atoms with E-state index in [9.17, 15) is 14.4 Å². The Morgan fingerprint density at radius 3 is 2.34 bits per heavy atom. The number of hydrogen-bond acceptors (Lipinski definition) is 5. The first kappa shape index (κ1) is 28.1. The zero-order valence-electron chi connectivity index (χ0n) is 23.3. The lowest BCUT2D eigenvalue weighted by molar-refractivity contribution is -0.140. The molecule has 208 valence electrons. The molecule has 3 amide bonds. The van der Waals surface area contributed by atoms with Gasteiger partial charge in [-0.1, -0.05) is 37.5 Å². The normalized spacial score (nSPS) is 18.4. The molecule has 0 radical (unpaired) electrons. The van der Waals surface area contributed by atoms with Gasteiger partial charge in [0.25, 0.3) is 5.91 Å². The van der Waals surface area contributed by atoms with Gasteiger partial charge in [-0.3, -0.25) is 14.4 Å². The van der Waals surface area contributed by atoms with Crippen LogP contribution >= 0.6 is 0 Å². The quantitative estimate of drug-likeness (QED) is 0.525. The molecule has 2 heterocycles. The number of hydrogen-bond donors (Lipinski definition) is 2. The molecule has 9 nitrogen and oxygen atoms in total. The number of para-hydroxylation sites is 1. The van der Waals surface area contributed by atoms with E-state index in [-0.39, 0.29) is 29.7 Å². The number of carbonyl (C=O) groups excluding carboxylic acids is 3. The third-order valence-electron chi connectivity index (χ3n) is 8.34. The van der Waals surface area contributed by atoms with Crippen LogP contribution in [0, 0.1) is 12.8 Å². The number of amides is 3. The zero-order chi connectivity index (χ0) is 27.2. The minimum Gasteiger partial charge on any atom is -0.383 e. The summed E-state index contributed by atoms with van der Waals surface area (Å²) >= 11 is 0. The van der Waals surface area contributed by atoms with E-state index in [1.807, 2.05) is 34.9 Å². The van der Waals surface area contributed by atoms with Gasteiger partial charge in [-0.15, -0.1) is 0 Å². The summed E-state index contributed by atoms with van der Waals surface area (Å²) in [4.78, 5) is 43.9. The number of aromatic nitrogens is 1. The Balaban J connectivity index is 1.48. The van der Waals surface area contributed by atoms with Crippen molar-refractivity contribution in [1.29, 1.82) is 0 Å². The number of carbonyl (C=O) groups is 3. The van der Waals surface area contributed by atoms with Crippen LogP contribution in [0.4, 0.5) is 0 Å². The summed E-state index contributed by atoms with van der Waals surface area (Å²) in [6.07, 6.45) is 5.26. The highest BCUT2D eigenvalue weighted by molar-refractivity contribution is 6.01. The Morgan fingerprint density at radius 1 is 1.03 bits per heavy atom. The lowest BCUT2D eigenvalue weighted by Crippen LogP contribution is -2.59. The van der Waals surface area contributed by atoms with Crippen LogP contribution < -0.4 is 10.6 Å². The molecule has 0 bridgehead atoms. The van der Waals surface area contributed by atoms with Gasteiger partial charge in [0, 0.05) is 50.7 Å². The number of rotatable bonds is 9. The average Bonchev–Trinajstić information content (AvgIpc) is 3.25. The number of piperazine rings is 1. The largest absolute Gasteiger partial charge is 0.383 e. The molecule has 2 N–H and O–H groups in total. The van der Waals surface area contributed by atoms with Gasteiger partial charge < -0.3 is 29.7 Å². The molecule has 2 aromatic rings. The Labute approximate surface area is 225 Å². The van der Waals surface area contributed by atoms with E-state index in [0.717, 1.165) is 42.1 Å². The Bertz CT molecular complexity index is 1130. The monoisotopic (exact) mass is 525 g/mol. The molecule has 0 unspecified atom stereocenters. The molecule has 0 spiro atoms. The number of nitrogens with one attached hydrogen (secondary N) is 2. The third-order valence-corrected chi connectivity index (χ3v) is 8.34. The fourth-order valence-electron chi connectivity index (χ4n) is 5.90. The molecule has 2 fully saturated rings. The van der Waals surface area contributed by atoms with Crippen molar-refractivity contribution in [2.24, 2.45) is 5.92 Å². The minimum atomic E-state index is -0.514. The molecule has 1 saturated heterocycles. The summed E-state index contributed by atoms with van der Waals surface area (Å²) in [6.45, 7) is 6.77. The standard InChI is InChI=1S/C29H43N5O4/c1-20-23-12-8-9-13-24(23)34(18-19-38-4)26(20)29(37)33-16-14-32(15-17-33)28(36)25(22-10-6-5-7-11-22)31-27(35)21(2)30-3/h8-9,12-13,21-22,25,30H,5-7,10-11,14-19H2,1-4H3,(H,31,35)/t21-,25-/m0/s1. The molecule has 1 aromatic carbocycles. The van der Waals surface area contributed by atoms with Crippen LogP contribution in [-0.4, -0.2) is 91.1 Å². The fourth-order valence-corrected chi connectivity index (χ4v) is 5.90. The number of fused-ring (bicyclic) bond motifs is 1. The van der Waals surface area contributed by atoms with Gasteiger partial charge in [0.15, 0.2) is 0 Å². The third kappa shape index (κ3) is 5.89. The van der Waals surface area contributed by atoms with E-state index in [1.54, 1.807) is 21.1 Å². The van der Waals surface area contributed by atoms with Crippen LogP contribution in [0.2, 0.25) is 0 Å².